The third-order valence-electron chi connectivity index (χ3n) is 3.16. The summed E-state index contributed by atoms with van der Waals surface area (Å²) in [6.07, 6.45) is -0.528. The van der Waals surface area contributed by atoms with Crippen molar-refractivity contribution >= 4 is 7.60 Å². The van der Waals surface area contributed by atoms with E-state index in [9.17, 15) is 19.5 Å². The van der Waals surface area contributed by atoms with Gasteiger partial charge in [-0.15, -0.1) is 0 Å². The topological polar surface area (TPSA) is 83.4 Å². The Kier molecular flexibility index (Phi) is 6.44. The summed E-state index contributed by atoms with van der Waals surface area (Å²) in [7, 11) is -4.63. The van der Waals surface area contributed by atoms with Gasteiger partial charge in [-0.2, -0.15) is 0 Å². The molecule has 0 spiro atoms. The van der Waals surface area contributed by atoms with Crippen molar-refractivity contribution in [3.05, 3.63) is 28.8 Å². The summed E-state index contributed by atoms with van der Waals surface area (Å²) in [5.41, 5.74) is 1.08. The molecule has 0 aliphatic heterocycles. The Morgan fingerprint density at radius 2 is 1.33 bits per heavy atom. The first kappa shape index (κ1) is 20.8. The molecule has 0 radical (unpaired) electrons. The van der Waals surface area contributed by atoms with Crippen LogP contribution in [0.2, 0.25) is 0 Å². The van der Waals surface area contributed by atoms with Crippen LogP contribution in [0.3, 0.4) is 0 Å². The largest absolute Gasteiger partial charge is 2.00 e. The van der Waals surface area contributed by atoms with Crippen molar-refractivity contribution in [2.75, 3.05) is 0 Å². The van der Waals surface area contributed by atoms with Gasteiger partial charge in [0.05, 0.1) is 0 Å². The van der Waals surface area contributed by atoms with Gasteiger partial charge >= 0.3 is 19.5 Å². The maximum Gasteiger partial charge on any atom is 2.00 e. The maximum absolute atomic E-state index is 11.0. The van der Waals surface area contributed by atoms with Crippen molar-refractivity contribution in [3.8, 4) is 5.75 Å². The summed E-state index contributed by atoms with van der Waals surface area (Å²) in [6, 6.07) is 3.24. The number of benzene rings is 1. The number of phenols is 1. The van der Waals surface area contributed by atoms with Crippen LogP contribution in [0, 0.1) is 0 Å². The summed E-state index contributed by atoms with van der Waals surface area (Å²) in [5.74, 6) is 0.181. The second-order valence-corrected chi connectivity index (χ2v) is 8.85. The smallest absolute Gasteiger partial charge is 0.810 e. The molecule has 0 aliphatic rings. The fourth-order valence-corrected chi connectivity index (χ4v) is 2.78. The second-order valence-electron chi connectivity index (χ2n) is 7.31. The average Bonchev–Trinajstić information content (AvgIpc) is 2.14. The van der Waals surface area contributed by atoms with Crippen molar-refractivity contribution in [2.24, 2.45) is 0 Å². The molecular formula is C15H23O4PZn. The molecule has 0 atom stereocenters. The minimum Gasteiger partial charge on any atom is -0.810 e. The van der Waals surface area contributed by atoms with E-state index in [0.29, 0.717) is 16.7 Å². The van der Waals surface area contributed by atoms with Gasteiger partial charge in [-0.1, -0.05) is 61.3 Å². The number of aromatic hydroxyl groups is 1. The number of rotatable bonds is 2. The van der Waals surface area contributed by atoms with Crippen LogP contribution in [0.15, 0.2) is 12.1 Å². The van der Waals surface area contributed by atoms with E-state index in [1.54, 1.807) is 12.1 Å². The van der Waals surface area contributed by atoms with Crippen LogP contribution in [0.1, 0.15) is 58.2 Å². The van der Waals surface area contributed by atoms with Gasteiger partial charge in [-0.25, -0.2) is 0 Å². The Labute approximate surface area is 139 Å². The van der Waals surface area contributed by atoms with Crippen LogP contribution in [0.25, 0.3) is 0 Å². The molecule has 1 aromatic carbocycles. The Morgan fingerprint density at radius 3 is 1.57 bits per heavy atom. The minimum absolute atomic E-state index is 0. The van der Waals surface area contributed by atoms with Crippen molar-refractivity contribution in [1.82, 2.24) is 0 Å². The first-order valence-electron chi connectivity index (χ1n) is 6.60. The molecule has 114 valence electrons. The van der Waals surface area contributed by atoms with E-state index in [-0.39, 0.29) is 36.1 Å². The van der Waals surface area contributed by atoms with Crippen LogP contribution in [-0.2, 0) is 41.0 Å². The number of hydrogen-bond donors (Lipinski definition) is 1. The molecule has 1 rings (SSSR count). The van der Waals surface area contributed by atoms with Crippen LogP contribution < -0.4 is 9.79 Å². The van der Waals surface area contributed by atoms with Crippen molar-refractivity contribution < 1.29 is 38.9 Å². The molecule has 6 heteroatoms. The van der Waals surface area contributed by atoms with Gasteiger partial charge in [0.2, 0.25) is 0 Å². The zero-order chi connectivity index (χ0) is 15.9. The van der Waals surface area contributed by atoms with Gasteiger partial charge in [0, 0.05) is 6.16 Å². The molecule has 0 saturated heterocycles. The summed E-state index contributed by atoms with van der Waals surface area (Å²) in [5, 5.41) is 10.5. The fraction of sp³-hybridized carbons (Fsp3) is 0.600. The van der Waals surface area contributed by atoms with Crippen LogP contribution >= 0.6 is 7.60 Å². The summed E-state index contributed by atoms with van der Waals surface area (Å²) >= 11 is 0. The zero-order valence-corrected chi connectivity index (χ0v) is 17.5. The number of phenolic OH excluding ortho intramolecular Hbond substituents is 1. The third kappa shape index (κ3) is 5.83. The molecule has 0 saturated carbocycles. The number of hydrogen-bond acceptors (Lipinski definition) is 4. The molecule has 0 amide bonds. The summed E-state index contributed by atoms with van der Waals surface area (Å²) in [6.45, 7) is 11.6. The van der Waals surface area contributed by atoms with Crippen molar-refractivity contribution in [3.63, 3.8) is 0 Å². The third-order valence-corrected chi connectivity index (χ3v) is 3.91. The molecule has 1 aromatic rings. The van der Waals surface area contributed by atoms with Gasteiger partial charge in [0.25, 0.3) is 0 Å². The van der Waals surface area contributed by atoms with Gasteiger partial charge in [-0.3, -0.25) is 0 Å². The molecule has 0 heterocycles. The molecule has 0 bridgehead atoms. The fourth-order valence-electron chi connectivity index (χ4n) is 2.15. The van der Waals surface area contributed by atoms with Crippen LogP contribution in [-0.4, -0.2) is 5.11 Å². The van der Waals surface area contributed by atoms with Gasteiger partial charge < -0.3 is 19.5 Å². The first-order chi connectivity index (χ1) is 8.72. The van der Waals surface area contributed by atoms with Crippen LogP contribution in [0.4, 0.5) is 0 Å². The minimum atomic E-state index is -4.63. The molecule has 4 nitrogen and oxygen atoms in total. The molecule has 0 fully saturated rings. The van der Waals surface area contributed by atoms with E-state index in [1.165, 1.54) is 0 Å². The van der Waals surface area contributed by atoms with E-state index in [2.05, 4.69) is 0 Å². The van der Waals surface area contributed by atoms with Gasteiger partial charge in [-0.05, 0) is 27.5 Å². The standard InChI is InChI=1S/C15H25O4P.Zn/c1-14(2,3)11-7-10(9-20(17,18)19)8-12(13(11)16)15(4,5)6;/h7-8,16H,9H2,1-6H3,(H2,17,18,19);/q;+2/p-2. The Hall–Kier alpha value is -0.207. The van der Waals surface area contributed by atoms with E-state index in [1.807, 2.05) is 41.5 Å². The van der Waals surface area contributed by atoms with Crippen LogP contribution in [0.5, 0.6) is 5.75 Å². The molecule has 0 aromatic heterocycles. The summed E-state index contributed by atoms with van der Waals surface area (Å²) in [4.78, 5) is 22.0. The van der Waals surface area contributed by atoms with Crippen molar-refractivity contribution in [2.45, 2.75) is 58.5 Å². The predicted octanol–water partition coefficient (Wildman–Crippen LogP) is 2.40. The Balaban J connectivity index is 0.00000400. The monoisotopic (exact) mass is 362 g/mol. The summed E-state index contributed by atoms with van der Waals surface area (Å²) < 4.78 is 11.0. The average molecular weight is 364 g/mol. The quantitative estimate of drug-likeness (QED) is 0.646. The van der Waals surface area contributed by atoms with Crippen molar-refractivity contribution in [1.29, 1.82) is 0 Å². The molecule has 1 N–H and O–H groups in total. The zero-order valence-electron chi connectivity index (χ0n) is 13.7. The second kappa shape index (κ2) is 6.50. The first-order valence-corrected chi connectivity index (χ1v) is 8.32. The predicted molar refractivity (Wildman–Crippen MR) is 76.8 cm³/mol. The van der Waals surface area contributed by atoms with Gasteiger partial charge in [0.1, 0.15) is 5.75 Å². The Morgan fingerprint density at radius 1 is 1.00 bits per heavy atom. The van der Waals surface area contributed by atoms with Gasteiger partial charge in [0.15, 0.2) is 0 Å². The molecular weight excluding hydrogens is 341 g/mol. The van der Waals surface area contributed by atoms with E-state index >= 15 is 0 Å². The SMILES string of the molecule is CC(C)(C)c1cc(CP(=O)([O-])[O-])cc(C(C)(C)C)c1O.[Zn+2]. The van der Waals surface area contributed by atoms with E-state index < -0.39 is 13.8 Å². The molecule has 0 aliphatic carbocycles. The normalized spacial score (nSPS) is 13.0. The maximum atomic E-state index is 11.0. The molecule has 0 unspecified atom stereocenters. The van der Waals surface area contributed by atoms with E-state index in [4.69, 9.17) is 0 Å². The Bertz CT molecular complexity index is 515. The van der Waals surface area contributed by atoms with E-state index in [0.717, 1.165) is 0 Å². The molecule has 21 heavy (non-hydrogen) atoms.